The van der Waals surface area contributed by atoms with E-state index in [1.54, 1.807) is 7.11 Å². The molecule has 0 atom stereocenters. The highest BCUT2D eigenvalue weighted by molar-refractivity contribution is 5.78. The first kappa shape index (κ1) is 21.6. The summed E-state index contributed by atoms with van der Waals surface area (Å²) in [6.07, 6.45) is 8.15. The number of hydrogen-bond donors (Lipinski definition) is 1. The zero-order valence-electron chi connectivity index (χ0n) is 17.7. The number of benzene rings is 1. The minimum absolute atomic E-state index is 0.135. The van der Waals surface area contributed by atoms with Crippen LogP contribution in [0.5, 0.6) is 5.75 Å². The van der Waals surface area contributed by atoms with E-state index in [0.29, 0.717) is 25.6 Å². The van der Waals surface area contributed by atoms with Gasteiger partial charge in [0.05, 0.1) is 13.7 Å². The molecule has 0 spiro atoms. The second kappa shape index (κ2) is 11.2. The molecule has 1 aromatic rings. The van der Waals surface area contributed by atoms with Crippen LogP contribution in [-0.2, 0) is 16.0 Å². The minimum atomic E-state index is 0.135. The molecule has 29 heavy (non-hydrogen) atoms. The molecule has 0 unspecified atom stereocenters. The zero-order valence-corrected chi connectivity index (χ0v) is 17.7. The van der Waals surface area contributed by atoms with Crippen molar-refractivity contribution in [3.05, 3.63) is 29.8 Å². The number of rotatable bonds is 7. The van der Waals surface area contributed by atoms with E-state index in [4.69, 9.17) is 4.74 Å². The van der Waals surface area contributed by atoms with E-state index in [1.807, 2.05) is 29.2 Å². The van der Waals surface area contributed by atoms with Gasteiger partial charge in [0.2, 0.25) is 11.8 Å². The number of amides is 2. The number of nitrogens with zero attached hydrogens (tertiary/aromatic N) is 2. The lowest BCUT2D eigenvalue weighted by atomic mass is 9.95. The van der Waals surface area contributed by atoms with Crippen LogP contribution in [0.1, 0.15) is 50.5 Å². The van der Waals surface area contributed by atoms with Crippen molar-refractivity contribution in [1.82, 2.24) is 15.1 Å². The Morgan fingerprint density at radius 1 is 1.00 bits per heavy atom. The summed E-state index contributed by atoms with van der Waals surface area (Å²) in [6, 6.07) is 8.26. The van der Waals surface area contributed by atoms with Crippen molar-refractivity contribution in [2.45, 2.75) is 57.4 Å². The average molecular weight is 402 g/mol. The van der Waals surface area contributed by atoms with Crippen molar-refractivity contribution < 1.29 is 14.3 Å². The second-order valence-corrected chi connectivity index (χ2v) is 8.26. The molecule has 0 bridgehead atoms. The van der Waals surface area contributed by atoms with Crippen molar-refractivity contribution in [2.75, 3.05) is 39.8 Å². The van der Waals surface area contributed by atoms with Crippen LogP contribution in [-0.4, -0.2) is 67.5 Å². The largest absolute Gasteiger partial charge is 0.497 e. The maximum absolute atomic E-state index is 12.6. The van der Waals surface area contributed by atoms with Gasteiger partial charge in [0, 0.05) is 38.6 Å². The molecule has 160 valence electrons. The average Bonchev–Trinajstić information content (AvgIpc) is 2.98. The van der Waals surface area contributed by atoms with Gasteiger partial charge in [-0.05, 0) is 43.4 Å². The minimum Gasteiger partial charge on any atom is -0.497 e. The SMILES string of the molecule is COc1ccc(CCC(=O)N2CCCN(CC(=O)NC3CCCCC3)CC2)cc1. The van der Waals surface area contributed by atoms with Crippen LogP contribution >= 0.6 is 0 Å². The molecule has 2 fully saturated rings. The van der Waals surface area contributed by atoms with Gasteiger partial charge in [-0.25, -0.2) is 0 Å². The Kier molecular flexibility index (Phi) is 8.35. The van der Waals surface area contributed by atoms with Gasteiger partial charge in [-0.3, -0.25) is 14.5 Å². The summed E-state index contributed by atoms with van der Waals surface area (Å²) < 4.78 is 5.18. The van der Waals surface area contributed by atoms with Crippen LogP contribution in [0.3, 0.4) is 0 Å². The molecule has 1 saturated heterocycles. The maximum atomic E-state index is 12.6. The highest BCUT2D eigenvalue weighted by Crippen LogP contribution is 2.17. The maximum Gasteiger partial charge on any atom is 0.234 e. The summed E-state index contributed by atoms with van der Waals surface area (Å²) in [5.74, 6) is 1.17. The van der Waals surface area contributed by atoms with E-state index in [2.05, 4.69) is 10.2 Å². The van der Waals surface area contributed by atoms with Crippen LogP contribution in [0.15, 0.2) is 24.3 Å². The smallest absolute Gasteiger partial charge is 0.234 e. The molecule has 0 radical (unpaired) electrons. The van der Waals surface area contributed by atoms with Crippen LogP contribution in [0.25, 0.3) is 0 Å². The van der Waals surface area contributed by atoms with Gasteiger partial charge in [-0.1, -0.05) is 31.4 Å². The first-order valence-electron chi connectivity index (χ1n) is 11.1. The van der Waals surface area contributed by atoms with Crippen molar-refractivity contribution in [3.8, 4) is 5.75 Å². The predicted molar refractivity (Wildman–Crippen MR) is 114 cm³/mol. The fraction of sp³-hybridized carbons (Fsp3) is 0.652. The third kappa shape index (κ3) is 7.03. The van der Waals surface area contributed by atoms with E-state index in [9.17, 15) is 9.59 Å². The Balaban J connectivity index is 1.38. The van der Waals surface area contributed by atoms with Crippen molar-refractivity contribution in [3.63, 3.8) is 0 Å². The van der Waals surface area contributed by atoms with Crippen LogP contribution < -0.4 is 10.1 Å². The number of aryl methyl sites for hydroxylation is 1. The predicted octanol–water partition coefficient (Wildman–Crippen LogP) is 2.61. The normalized spacial score (nSPS) is 18.9. The molecule has 1 aromatic carbocycles. The van der Waals surface area contributed by atoms with Crippen molar-refractivity contribution in [2.24, 2.45) is 0 Å². The summed E-state index contributed by atoms with van der Waals surface area (Å²) in [7, 11) is 1.65. The molecular weight excluding hydrogens is 366 g/mol. The monoisotopic (exact) mass is 401 g/mol. The second-order valence-electron chi connectivity index (χ2n) is 8.26. The highest BCUT2D eigenvalue weighted by atomic mass is 16.5. The van der Waals surface area contributed by atoms with Gasteiger partial charge in [-0.2, -0.15) is 0 Å². The number of ether oxygens (including phenoxy) is 1. The van der Waals surface area contributed by atoms with Gasteiger partial charge in [0.1, 0.15) is 5.75 Å². The fourth-order valence-corrected chi connectivity index (χ4v) is 4.30. The molecule has 2 aliphatic rings. The molecule has 1 heterocycles. The quantitative estimate of drug-likeness (QED) is 0.763. The summed E-state index contributed by atoms with van der Waals surface area (Å²) in [4.78, 5) is 29.2. The number of carbonyl (C=O) groups excluding carboxylic acids is 2. The first-order chi connectivity index (χ1) is 14.1. The van der Waals surface area contributed by atoms with Gasteiger partial charge in [0.15, 0.2) is 0 Å². The standard InChI is InChI=1S/C23H35N3O3/c1-29-21-11-8-19(9-12-21)10-13-23(28)26-15-5-14-25(16-17-26)18-22(27)24-20-6-3-2-4-7-20/h8-9,11-12,20H,2-7,10,13-18H2,1H3,(H,24,27). The summed E-state index contributed by atoms with van der Waals surface area (Å²) >= 11 is 0. The molecule has 1 aliphatic heterocycles. The van der Waals surface area contributed by atoms with Crippen LogP contribution in [0.2, 0.25) is 0 Å². The third-order valence-corrected chi connectivity index (χ3v) is 6.07. The molecule has 1 saturated carbocycles. The van der Waals surface area contributed by atoms with E-state index in [-0.39, 0.29) is 11.8 Å². The van der Waals surface area contributed by atoms with Gasteiger partial charge in [0.25, 0.3) is 0 Å². The van der Waals surface area contributed by atoms with E-state index >= 15 is 0 Å². The van der Waals surface area contributed by atoms with Crippen LogP contribution in [0.4, 0.5) is 0 Å². The lowest BCUT2D eigenvalue weighted by Crippen LogP contribution is -2.44. The summed E-state index contributed by atoms with van der Waals surface area (Å²) in [6.45, 7) is 3.58. The lowest BCUT2D eigenvalue weighted by Gasteiger charge is -2.25. The Morgan fingerprint density at radius 2 is 1.76 bits per heavy atom. The Hall–Kier alpha value is -2.08. The highest BCUT2D eigenvalue weighted by Gasteiger charge is 2.22. The summed E-state index contributed by atoms with van der Waals surface area (Å²) in [5.41, 5.74) is 1.15. The third-order valence-electron chi connectivity index (χ3n) is 6.07. The molecule has 6 heteroatoms. The van der Waals surface area contributed by atoms with Crippen LogP contribution in [0, 0.1) is 0 Å². The van der Waals surface area contributed by atoms with E-state index in [0.717, 1.165) is 56.6 Å². The molecule has 3 rings (SSSR count). The fourth-order valence-electron chi connectivity index (χ4n) is 4.30. The molecule has 0 aromatic heterocycles. The molecule has 1 aliphatic carbocycles. The number of methoxy groups -OCH3 is 1. The van der Waals surface area contributed by atoms with Gasteiger partial charge >= 0.3 is 0 Å². The van der Waals surface area contributed by atoms with Crippen molar-refractivity contribution >= 4 is 11.8 Å². The van der Waals surface area contributed by atoms with E-state index < -0.39 is 0 Å². The number of hydrogen-bond acceptors (Lipinski definition) is 4. The zero-order chi connectivity index (χ0) is 20.5. The number of nitrogens with one attached hydrogen (secondary N) is 1. The van der Waals surface area contributed by atoms with Gasteiger partial charge in [-0.15, -0.1) is 0 Å². The molecule has 2 amide bonds. The van der Waals surface area contributed by atoms with Gasteiger partial charge < -0.3 is 15.0 Å². The topological polar surface area (TPSA) is 61.9 Å². The van der Waals surface area contributed by atoms with Crippen molar-refractivity contribution in [1.29, 1.82) is 0 Å². The Labute approximate surface area is 174 Å². The first-order valence-corrected chi connectivity index (χ1v) is 11.1. The van der Waals surface area contributed by atoms with E-state index in [1.165, 1.54) is 19.3 Å². The Bertz CT molecular complexity index is 656. The molecule has 1 N–H and O–H groups in total. The number of carbonyl (C=O) groups is 2. The molecular formula is C23H35N3O3. The Morgan fingerprint density at radius 3 is 2.48 bits per heavy atom. The lowest BCUT2D eigenvalue weighted by molar-refractivity contribution is -0.131. The summed E-state index contributed by atoms with van der Waals surface area (Å²) in [5, 5.41) is 3.20. The molecule has 6 nitrogen and oxygen atoms in total.